The minimum Gasteiger partial charge on any atom is -0.339 e. The lowest BCUT2D eigenvalue weighted by molar-refractivity contribution is 0.551. The third kappa shape index (κ3) is 4.63. The number of hydrogen-bond acceptors (Lipinski definition) is 5. The van der Waals surface area contributed by atoms with Crippen LogP contribution in [0, 0.1) is 5.92 Å². The van der Waals surface area contributed by atoms with E-state index in [4.69, 9.17) is 0 Å². The van der Waals surface area contributed by atoms with Gasteiger partial charge in [0.1, 0.15) is 0 Å². The second-order valence-electron chi connectivity index (χ2n) is 6.08. The van der Waals surface area contributed by atoms with E-state index in [9.17, 15) is 0 Å². The lowest BCUT2D eigenvalue weighted by Gasteiger charge is -2.34. The molecule has 0 bridgehead atoms. The van der Waals surface area contributed by atoms with Crippen LogP contribution in [0.15, 0.2) is 12.4 Å². The van der Waals surface area contributed by atoms with Gasteiger partial charge in [-0.05, 0) is 12.5 Å². The Morgan fingerprint density at radius 2 is 1.85 bits per heavy atom. The highest BCUT2D eigenvalue weighted by Gasteiger charge is 2.23. The van der Waals surface area contributed by atoms with Crippen LogP contribution in [-0.2, 0) is 6.54 Å². The van der Waals surface area contributed by atoms with Crippen molar-refractivity contribution in [1.29, 1.82) is 0 Å². The van der Waals surface area contributed by atoms with E-state index in [0.29, 0.717) is 16.4 Å². The summed E-state index contributed by atoms with van der Waals surface area (Å²) in [4.78, 5) is 11.4. The Bertz CT molecular complexity index is 397. The van der Waals surface area contributed by atoms with Crippen LogP contribution in [0.4, 0.5) is 5.95 Å². The maximum Gasteiger partial charge on any atom is 0.225 e. The molecule has 1 fully saturated rings. The van der Waals surface area contributed by atoms with Gasteiger partial charge < -0.3 is 10.2 Å². The van der Waals surface area contributed by atoms with Crippen LogP contribution in [0.3, 0.4) is 0 Å². The Labute approximate surface area is 126 Å². The van der Waals surface area contributed by atoms with Crippen LogP contribution in [0.5, 0.6) is 0 Å². The summed E-state index contributed by atoms with van der Waals surface area (Å²) in [7, 11) is 0. The maximum atomic E-state index is 4.53. The summed E-state index contributed by atoms with van der Waals surface area (Å²) < 4.78 is 0. The highest BCUT2D eigenvalue weighted by Crippen LogP contribution is 2.26. The van der Waals surface area contributed by atoms with E-state index in [1.54, 1.807) is 0 Å². The molecule has 4 nitrogen and oxygen atoms in total. The Morgan fingerprint density at radius 1 is 1.25 bits per heavy atom. The maximum absolute atomic E-state index is 4.53. The molecule has 1 aliphatic heterocycles. The molecule has 0 aliphatic carbocycles. The van der Waals surface area contributed by atoms with Crippen molar-refractivity contribution in [2.24, 2.45) is 5.92 Å². The third-order valence-electron chi connectivity index (χ3n) is 3.28. The molecule has 5 heteroatoms. The van der Waals surface area contributed by atoms with Gasteiger partial charge in [-0.15, -0.1) is 0 Å². The number of thioether (sulfide) groups is 1. The minimum atomic E-state index is 0.648. The molecule has 1 aromatic heterocycles. The zero-order valence-corrected chi connectivity index (χ0v) is 13.8. The van der Waals surface area contributed by atoms with Crippen molar-refractivity contribution in [1.82, 2.24) is 15.3 Å². The van der Waals surface area contributed by atoms with Crippen LogP contribution in [-0.4, -0.2) is 40.1 Å². The van der Waals surface area contributed by atoms with Gasteiger partial charge in [0.25, 0.3) is 0 Å². The molecule has 1 aliphatic rings. The molecule has 1 aromatic rings. The fraction of sp³-hybridized carbons (Fsp3) is 0.733. The molecule has 20 heavy (non-hydrogen) atoms. The Balaban J connectivity index is 1.90. The van der Waals surface area contributed by atoms with E-state index in [0.717, 1.165) is 37.7 Å². The third-order valence-corrected chi connectivity index (χ3v) is 4.50. The first-order valence-electron chi connectivity index (χ1n) is 7.46. The van der Waals surface area contributed by atoms with Crippen molar-refractivity contribution in [2.75, 3.05) is 24.5 Å². The molecule has 2 unspecified atom stereocenters. The average molecular weight is 294 g/mol. The first-order chi connectivity index (χ1) is 9.54. The minimum absolute atomic E-state index is 0.648. The molecule has 0 spiro atoms. The van der Waals surface area contributed by atoms with Gasteiger partial charge >= 0.3 is 0 Å². The van der Waals surface area contributed by atoms with Crippen molar-refractivity contribution in [3.63, 3.8) is 0 Å². The first kappa shape index (κ1) is 15.6. The van der Waals surface area contributed by atoms with E-state index >= 15 is 0 Å². The van der Waals surface area contributed by atoms with Crippen LogP contribution in [0.1, 0.15) is 33.3 Å². The second kappa shape index (κ2) is 7.27. The molecule has 0 aromatic carbocycles. The van der Waals surface area contributed by atoms with Gasteiger partial charge in [0.15, 0.2) is 0 Å². The largest absolute Gasteiger partial charge is 0.339 e. The number of nitrogens with one attached hydrogen (secondary N) is 1. The quantitative estimate of drug-likeness (QED) is 0.904. The molecule has 1 N–H and O–H groups in total. The average Bonchev–Trinajstić information content (AvgIpc) is 2.38. The van der Waals surface area contributed by atoms with Gasteiger partial charge in [-0.2, -0.15) is 11.8 Å². The van der Waals surface area contributed by atoms with Crippen molar-refractivity contribution >= 4 is 17.7 Å². The number of anilines is 1. The summed E-state index contributed by atoms with van der Waals surface area (Å²) in [5.41, 5.74) is 1.15. The predicted molar refractivity (Wildman–Crippen MR) is 87.3 cm³/mol. The first-order valence-corrected chi connectivity index (χ1v) is 8.41. The monoisotopic (exact) mass is 294 g/mol. The summed E-state index contributed by atoms with van der Waals surface area (Å²) in [6, 6.07) is 0. The smallest absolute Gasteiger partial charge is 0.225 e. The lowest BCUT2D eigenvalue weighted by Crippen LogP contribution is -2.41. The van der Waals surface area contributed by atoms with E-state index in [2.05, 4.69) is 47.9 Å². The highest BCUT2D eigenvalue weighted by atomic mass is 32.2. The van der Waals surface area contributed by atoms with Crippen LogP contribution in [0.25, 0.3) is 0 Å². The van der Waals surface area contributed by atoms with Crippen molar-refractivity contribution in [3.8, 4) is 0 Å². The molecule has 2 heterocycles. The zero-order chi connectivity index (χ0) is 14.5. The molecule has 112 valence electrons. The van der Waals surface area contributed by atoms with E-state index < -0.39 is 0 Å². The Hall–Kier alpha value is -0.810. The van der Waals surface area contributed by atoms with Crippen molar-refractivity contribution in [3.05, 3.63) is 18.0 Å². The molecular formula is C15H26N4S. The van der Waals surface area contributed by atoms with Gasteiger partial charge in [0, 0.05) is 48.1 Å². The van der Waals surface area contributed by atoms with Crippen molar-refractivity contribution in [2.45, 2.75) is 44.7 Å². The molecular weight excluding hydrogens is 268 g/mol. The summed E-state index contributed by atoms with van der Waals surface area (Å²) in [5.74, 6) is 1.54. The lowest BCUT2D eigenvalue weighted by atomic mass is 10.2. The molecule has 1 saturated heterocycles. The number of aromatic nitrogens is 2. The number of nitrogens with zero attached hydrogens (tertiary/aromatic N) is 3. The summed E-state index contributed by atoms with van der Waals surface area (Å²) >= 11 is 2.05. The molecule has 2 atom stereocenters. The van der Waals surface area contributed by atoms with Gasteiger partial charge in [-0.3, -0.25) is 0 Å². The van der Waals surface area contributed by atoms with Gasteiger partial charge in [-0.25, -0.2) is 9.97 Å². The number of rotatable bonds is 5. The second-order valence-corrected chi connectivity index (χ2v) is 7.96. The van der Waals surface area contributed by atoms with E-state index in [1.165, 1.54) is 0 Å². The summed E-state index contributed by atoms with van der Waals surface area (Å²) in [6.45, 7) is 12.9. The fourth-order valence-corrected chi connectivity index (χ4v) is 3.77. The Morgan fingerprint density at radius 3 is 2.40 bits per heavy atom. The number of hydrogen-bond donors (Lipinski definition) is 1. The van der Waals surface area contributed by atoms with E-state index in [1.807, 2.05) is 24.2 Å². The SMILES string of the molecule is CC(C)CNCc1cnc(N2CC(C)SC(C)C2)nc1. The highest BCUT2D eigenvalue weighted by molar-refractivity contribution is 8.00. The van der Waals surface area contributed by atoms with Crippen LogP contribution >= 0.6 is 11.8 Å². The topological polar surface area (TPSA) is 41.1 Å². The van der Waals surface area contributed by atoms with Gasteiger partial charge in [-0.1, -0.05) is 27.7 Å². The zero-order valence-electron chi connectivity index (χ0n) is 13.0. The van der Waals surface area contributed by atoms with Crippen LogP contribution in [0.2, 0.25) is 0 Å². The molecule has 0 saturated carbocycles. The van der Waals surface area contributed by atoms with Crippen molar-refractivity contribution < 1.29 is 0 Å². The fourth-order valence-electron chi connectivity index (χ4n) is 2.45. The predicted octanol–water partition coefficient (Wildman–Crippen LogP) is 2.55. The molecule has 0 amide bonds. The van der Waals surface area contributed by atoms with E-state index in [-0.39, 0.29) is 0 Å². The Kier molecular flexibility index (Phi) is 5.66. The normalized spacial score (nSPS) is 23.4. The summed E-state index contributed by atoms with van der Waals surface area (Å²) in [6.07, 6.45) is 3.90. The standard InChI is InChI=1S/C15H26N4S/c1-11(2)5-16-6-14-7-17-15(18-8-14)19-9-12(3)20-13(4)10-19/h7-8,11-13,16H,5-6,9-10H2,1-4H3. The van der Waals surface area contributed by atoms with Gasteiger partial charge in [0.05, 0.1) is 0 Å². The van der Waals surface area contributed by atoms with Gasteiger partial charge in [0.2, 0.25) is 5.95 Å². The van der Waals surface area contributed by atoms with Crippen LogP contribution < -0.4 is 10.2 Å². The molecule has 0 radical (unpaired) electrons. The molecule has 2 rings (SSSR count). The summed E-state index contributed by atoms with van der Waals surface area (Å²) in [5, 5.41) is 4.71.